The number of azo groups is 1. The summed E-state index contributed by atoms with van der Waals surface area (Å²) in [5.41, 5.74) is 3.37. The van der Waals surface area contributed by atoms with Gasteiger partial charge in [-0.1, -0.05) is 17.2 Å². The van der Waals surface area contributed by atoms with Crippen molar-refractivity contribution in [2.24, 2.45) is 10.2 Å². The fourth-order valence-electron chi connectivity index (χ4n) is 4.06. The van der Waals surface area contributed by atoms with Crippen molar-refractivity contribution in [3.63, 3.8) is 0 Å². The standard InChI is InChI=1S/C26H21N5O5/c1-35-16-10-6-14(7-11-16)22-21-23(29-28-22)18-4-3-5-19(20(18)24(21)32)27-26(34)31-30-25(33)15-8-12-17(36-2)13-9-15/h3-13,28-29,32H,1-2H3,(H,27,34). The van der Waals surface area contributed by atoms with Crippen LogP contribution in [0.4, 0.5) is 10.5 Å². The number of carbonyl (C=O) groups is 2. The number of rotatable bonds is 5. The molecule has 5 rings (SSSR count). The molecule has 4 N–H and O–H groups in total. The first kappa shape index (κ1) is 22.7. The van der Waals surface area contributed by atoms with Gasteiger partial charge in [0.15, 0.2) is 0 Å². The lowest BCUT2D eigenvalue weighted by Gasteiger charge is -2.05. The van der Waals surface area contributed by atoms with E-state index in [1.54, 1.807) is 31.4 Å². The second-order valence-electron chi connectivity index (χ2n) is 7.84. The van der Waals surface area contributed by atoms with Gasteiger partial charge in [-0.15, -0.1) is 5.11 Å². The Balaban J connectivity index is 1.43. The van der Waals surface area contributed by atoms with Gasteiger partial charge in [-0.05, 0) is 54.6 Å². The molecule has 0 spiro atoms. The first-order chi connectivity index (χ1) is 17.5. The highest BCUT2D eigenvalue weighted by Crippen LogP contribution is 2.49. The number of hydrogen-bond donors (Lipinski definition) is 4. The van der Waals surface area contributed by atoms with Crippen LogP contribution in [0, 0.1) is 0 Å². The minimum absolute atomic E-state index is 0.00883. The SMILES string of the molecule is COc1ccc(C(=O)N=NC(=O)Nc2cccc3c4[nH][nH]c(-c5ccc(OC)cc5)c-4c(O)c23)cc1. The quantitative estimate of drug-likeness (QED) is 0.233. The number of aromatic amines is 2. The summed E-state index contributed by atoms with van der Waals surface area (Å²) in [6.45, 7) is 0. The zero-order valence-corrected chi connectivity index (χ0v) is 19.3. The summed E-state index contributed by atoms with van der Waals surface area (Å²) in [6, 6.07) is 18.0. The van der Waals surface area contributed by atoms with E-state index in [1.165, 1.54) is 19.2 Å². The Morgan fingerprint density at radius 2 is 1.47 bits per heavy atom. The molecule has 36 heavy (non-hydrogen) atoms. The predicted molar refractivity (Wildman–Crippen MR) is 134 cm³/mol. The predicted octanol–water partition coefficient (Wildman–Crippen LogP) is 5.82. The number of carbonyl (C=O) groups excluding carboxylic acids is 2. The van der Waals surface area contributed by atoms with Crippen molar-refractivity contribution in [2.45, 2.75) is 0 Å². The molecule has 0 aromatic heterocycles. The molecule has 1 aliphatic carbocycles. The third-order valence-corrected chi connectivity index (χ3v) is 5.81. The molecular weight excluding hydrogens is 462 g/mol. The Bertz CT molecular complexity index is 1570. The molecule has 0 unspecified atom stereocenters. The Morgan fingerprint density at radius 1 is 0.833 bits per heavy atom. The van der Waals surface area contributed by atoms with Gasteiger partial charge in [0.25, 0.3) is 5.91 Å². The van der Waals surface area contributed by atoms with Crippen LogP contribution in [0.2, 0.25) is 0 Å². The van der Waals surface area contributed by atoms with E-state index in [0.29, 0.717) is 44.9 Å². The van der Waals surface area contributed by atoms with E-state index in [-0.39, 0.29) is 11.3 Å². The summed E-state index contributed by atoms with van der Waals surface area (Å²) in [7, 11) is 3.11. The van der Waals surface area contributed by atoms with Gasteiger partial charge in [0.2, 0.25) is 0 Å². The van der Waals surface area contributed by atoms with Crippen molar-refractivity contribution in [3.05, 3.63) is 72.3 Å². The van der Waals surface area contributed by atoms with Crippen molar-refractivity contribution in [2.75, 3.05) is 19.5 Å². The lowest BCUT2D eigenvalue weighted by Crippen LogP contribution is -2.06. The number of anilines is 1. The van der Waals surface area contributed by atoms with E-state index < -0.39 is 11.9 Å². The molecule has 3 amide bonds. The van der Waals surface area contributed by atoms with Gasteiger partial charge in [-0.2, -0.15) is 0 Å². The monoisotopic (exact) mass is 483 g/mol. The zero-order valence-electron chi connectivity index (χ0n) is 19.3. The largest absolute Gasteiger partial charge is 0.506 e. The van der Waals surface area contributed by atoms with Crippen molar-refractivity contribution < 1.29 is 24.2 Å². The molecule has 0 saturated carbocycles. The molecule has 1 heterocycles. The smallest absolute Gasteiger partial charge is 0.364 e. The Hall–Kier alpha value is -5.12. The van der Waals surface area contributed by atoms with Crippen molar-refractivity contribution in [1.82, 2.24) is 10.2 Å². The molecule has 3 aromatic rings. The summed E-state index contributed by atoms with van der Waals surface area (Å²) < 4.78 is 10.3. The van der Waals surface area contributed by atoms with Crippen LogP contribution in [0.5, 0.6) is 17.2 Å². The maximum Gasteiger partial charge on any atom is 0.364 e. The summed E-state index contributed by atoms with van der Waals surface area (Å²) in [4.78, 5) is 24.7. The highest BCUT2D eigenvalue weighted by molar-refractivity contribution is 6.16. The molecule has 10 nitrogen and oxygen atoms in total. The number of urea groups is 1. The van der Waals surface area contributed by atoms with Crippen molar-refractivity contribution in [3.8, 4) is 39.8 Å². The van der Waals surface area contributed by atoms with Crippen LogP contribution in [0.1, 0.15) is 10.4 Å². The number of amides is 3. The molecule has 3 aromatic carbocycles. The summed E-state index contributed by atoms with van der Waals surface area (Å²) in [5.74, 6) is 0.625. The number of aromatic hydroxyl groups is 1. The number of nitrogens with zero attached hydrogens (tertiary/aromatic N) is 2. The van der Waals surface area contributed by atoms with E-state index in [9.17, 15) is 14.7 Å². The van der Waals surface area contributed by atoms with E-state index in [0.717, 1.165) is 5.56 Å². The highest BCUT2D eigenvalue weighted by Gasteiger charge is 2.26. The van der Waals surface area contributed by atoms with Gasteiger partial charge in [0.1, 0.15) is 17.2 Å². The van der Waals surface area contributed by atoms with Crippen LogP contribution < -0.4 is 14.8 Å². The molecule has 0 radical (unpaired) electrons. The molecule has 0 bridgehead atoms. The van der Waals surface area contributed by atoms with Gasteiger partial charge in [-0.3, -0.25) is 15.0 Å². The number of aromatic nitrogens is 2. The van der Waals surface area contributed by atoms with E-state index >= 15 is 0 Å². The summed E-state index contributed by atoms with van der Waals surface area (Å²) in [6.07, 6.45) is 0. The topological polar surface area (TPSA) is 141 Å². The normalized spacial score (nSPS) is 11.3. The number of fused-ring (bicyclic) bond motifs is 3. The summed E-state index contributed by atoms with van der Waals surface area (Å²) in [5, 5.41) is 28.1. The van der Waals surface area contributed by atoms with Crippen LogP contribution in [0.3, 0.4) is 0 Å². The maximum atomic E-state index is 12.5. The van der Waals surface area contributed by atoms with Crippen LogP contribution in [0.25, 0.3) is 33.3 Å². The van der Waals surface area contributed by atoms with Gasteiger partial charge >= 0.3 is 6.03 Å². The first-order valence-electron chi connectivity index (χ1n) is 10.9. The van der Waals surface area contributed by atoms with E-state index in [4.69, 9.17) is 9.47 Å². The average Bonchev–Trinajstić information content (AvgIpc) is 3.47. The fraction of sp³-hybridized carbons (Fsp3) is 0.0769. The number of H-pyrrole nitrogens is 2. The van der Waals surface area contributed by atoms with Crippen molar-refractivity contribution >= 4 is 28.4 Å². The lowest BCUT2D eigenvalue weighted by molar-refractivity contribution is 0.0994. The molecule has 10 heteroatoms. The third-order valence-electron chi connectivity index (χ3n) is 5.81. The Labute approximate surface area is 204 Å². The molecule has 0 saturated heterocycles. The third kappa shape index (κ3) is 4.00. The second kappa shape index (κ2) is 9.26. The van der Waals surface area contributed by atoms with Crippen molar-refractivity contribution in [1.29, 1.82) is 0 Å². The lowest BCUT2D eigenvalue weighted by atomic mass is 10.1. The van der Waals surface area contributed by atoms with Gasteiger partial charge in [-0.25, -0.2) is 4.79 Å². The molecular formula is C26H21N5O5. The highest BCUT2D eigenvalue weighted by atomic mass is 16.5. The van der Waals surface area contributed by atoms with Gasteiger partial charge in [0, 0.05) is 16.5 Å². The van der Waals surface area contributed by atoms with Gasteiger partial charge in [0.05, 0.1) is 42.2 Å². The number of hydrogen-bond acceptors (Lipinski definition) is 5. The number of methoxy groups -OCH3 is 2. The first-order valence-corrected chi connectivity index (χ1v) is 10.9. The zero-order chi connectivity index (χ0) is 25.2. The minimum atomic E-state index is -0.851. The van der Waals surface area contributed by atoms with Crippen LogP contribution >= 0.6 is 0 Å². The summed E-state index contributed by atoms with van der Waals surface area (Å²) >= 11 is 0. The average molecular weight is 483 g/mol. The second-order valence-corrected chi connectivity index (χ2v) is 7.84. The van der Waals surface area contributed by atoms with Crippen LogP contribution in [0.15, 0.2) is 77.0 Å². The van der Waals surface area contributed by atoms with E-state index in [2.05, 4.69) is 25.7 Å². The maximum absolute atomic E-state index is 12.5. The van der Waals surface area contributed by atoms with Crippen LogP contribution in [-0.4, -0.2) is 41.5 Å². The fourth-order valence-corrected chi connectivity index (χ4v) is 4.06. The number of benzene rings is 3. The number of ether oxygens (including phenoxy) is 2. The van der Waals surface area contributed by atoms with E-state index in [1.807, 2.05) is 30.3 Å². The Kier molecular flexibility index (Phi) is 5.83. The molecule has 1 aliphatic heterocycles. The molecule has 180 valence electrons. The number of nitrogens with one attached hydrogen (secondary N) is 3. The molecule has 2 aliphatic rings. The molecule has 0 atom stereocenters. The molecule has 0 fully saturated rings. The van der Waals surface area contributed by atoms with Gasteiger partial charge < -0.3 is 19.9 Å². The minimum Gasteiger partial charge on any atom is -0.506 e. The Morgan fingerprint density at radius 3 is 2.14 bits per heavy atom. The van der Waals surface area contributed by atoms with Crippen LogP contribution in [-0.2, 0) is 0 Å².